The second kappa shape index (κ2) is 6.12. The number of hydrogen-bond acceptors (Lipinski definition) is 4. The summed E-state index contributed by atoms with van der Waals surface area (Å²) in [7, 11) is 0. The molecule has 0 radical (unpaired) electrons. The normalized spacial score (nSPS) is 15.2. The molecule has 1 atom stereocenters. The lowest BCUT2D eigenvalue weighted by Gasteiger charge is -2.31. The minimum atomic E-state index is -0.270. The lowest BCUT2D eigenvalue weighted by molar-refractivity contribution is 0.104. The van der Waals surface area contributed by atoms with Crippen molar-refractivity contribution in [3.05, 3.63) is 12.2 Å². The zero-order valence-corrected chi connectivity index (χ0v) is 11.1. The van der Waals surface area contributed by atoms with Crippen LogP contribution in [0.3, 0.4) is 0 Å². The third kappa shape index (κ3) is 3.51. The van der Waals surface area contributed by atoms with E-state index in [2.05, 4.69) is 23.9 Å². The molecule has 0 aromatic carbocycles. The number of aryl methyl sites for hydroxylation is 1. The zero-order chi connectivity index (χ0) is 12.9. The van der Waals surface area contributed by atoms with Crippen molar-refractivity contribution in [2.45, 2.75) is 40.2 Å². The smallest absolute Gasteiger partial charge is 0.138 e. The fourth-order valence-corrected chi connectivity index (χ4v) is 2.30. The summed E-state index contributed by atoms with van der Waals surface area (Å²) >= 11 is 0. The molecule has 0 bridgehead atoms. The Hall–Kier alpha value is -0.940. The van der Waals surface area contributed by atoms with Crippen LogP contribution in [-0.4, -0.2) is 33.0 Å². The number of rotatable bonds is 7. The molecular formula is C12H24N4O. The van der Waals surface area contributed by atoms with Crippen molar-refractivity contribution in [1.82, 2.24) is 14.8 Å². The van der Waals surface area contributed by atoms with Crippen LogP contribution >= 0.6 is 0 Å². The predicted molar refractivity (Wildman–Crippen MR) is 67.4 cm³/mol. The van der Waals surface area contributed by atoms with Gasteiger partial charge in [0.15, 0.2) is 0 Å². The van der Waals surface area contributed by atoms with Gasteiger partial charge in [0.05, 0.1) is 6.61 Å². The highest BCUT2D eigenvalue weighted by Gasteiger charge is 2.31. The maximum atomic E-state index is 9.65. The topological polar surface area (TPSA) is 77.0 Å². The molecule has 0 saturated carbocycles. The third-order valence-electron chi connectivity index (χ3n) is 3.14. The molecule has 0 aliphatic rings. The summed E-state index contributed by atoms with van der Waals surface area (Å²) in [5.74, 6) is 1.41. The van der Waals surface area contributed by atoms with Gasteiger partial charge in [-0.15, -0.1) is 0 Å². The lowest BCUT2D eigenvalue weighted by Crippen LogP contribution is -2.38. The quantitative estimate of drug-likeness (QED) is 0.740. The Bertz CT molecular complexity index is 331. The molecule has 5 nitrogen and oxygen atoms in total. The molecule has 0 saturated heterocycles. The summed E-state index contributed by atoms with van der Waals surface area (Å²) in [5, 5.41) is 13.8. The Labute approximate surface area is 103 Å². The summed E-state index contributed by atoms with van der Waals surface area (Å²) in [4.78, 5) is 4.26. The summed E-state index contributed by atoms with van der Waals surface area (Å²) in [6.45, 7) is 7.68. The Morgan fingerprint density at radius 3 is 2.71 bits per heavy atom. The third-order valence-corrected chi connectivity index (χ3v) is 3.14. The minimum absolute atomic E-state index is 0.0955. The summed E-state index contributed by atoms with van der Waals surface area (Å²) in [6, 6.07) is 0. The molecule has 0 aliphatic carbocycles. The van der Waals surface area contributed by atoms with Crippen LogP contribution in [-0.2, 0) is 13.0 Å². The first-order chi connectivity index (χ1) is 8.06. The van der Waals surface area contributed by atoms with Gasteiger partial charge in [0.2, 0.25) is 0 Å². The van der Waals surface area contributed by atoms with E-state index in [9.17, 15) is 5.11 Å². The Balaban J connectivity index is 2.85. The molecule has 1 rings (SSSR count). The van der Waals surface area contributed by atoms with Crippen molar-refractivity contribution >= 4 is 0 Å². The van der Waals surface area contributed by atoms with Crippen LogP contribution in [0.5, 0.6) is 0 Å². The van der Waals surface area contributed by atoms with E-state index in [-0.39, 0.29) is 12.0 Å². The van der Waals surface area contributed by atoms with Gasteiger partial charge in [-0.05, 0) is 19.3 Å². The van der Waals surface area contributed by atoms with Gasteiger partial charge < -0.3 is 10.8 Å². The van der Waals surface area contributed by atoms with Gasteiger partial charge in [0.1, 0.15) is 12.2 Å². The molecule has 1 unspecified atom stereocenters. The maximum Gasteiger partial charge on any atom is 0.138 e. The average Bonchev–Trinajstić information content (AvgIpc) is 2.74. The zero-order valence-electron chi connectivity index (χ0n) is 11.1. The maximum absolute atomic E-state index is 9.65. The molecule has 0 amide bonds. The van der Waals surface area contributed by atoms with Crippen LogP contribution in [0.1, 0.15) is 33.0 Å². The van der Waals surface area contributed by atoms with Gasteiger partial charge in [0, 0.05) is 24.9 Å². The van der Waals surface area contributed by atoms with E-state index in [1.807, 2.05) is 11.6 Å². The molecule has 1 heterocycles. The minimum Gasteiger partial charge on any atom is -0.396 e. The van der Waals surface area contributed by atoms with E-state index >= 15 is 0 Å². The van der Waals surface area contributed by atoms with Crippen LogP contribution in [0.2, 0.25) is 0 Å². The standard InChI is InChI=1S/C12H24N4O/c1-4-16-11(14-9-15-16)6-12(7-13,8-17)5-10(2)3/h9-10,17H,4-8,13H2,1-3H3. The van der Waals surface area contributed by atoms with E-state index in [4.69, 9.17) is 5.73 Å². The fourth-order valence-electron chi connectivity index (χ4n) is 2.30. The highest BCUT2D eigenvalue weighted by Crippen LogP contribution is 2.28. The van der Waals surface area contributed by atoms with E-state index in [0.717, 1.165) is 18.8 Å². The Kier molecular flexibility index (Phi) is 5.08. The first-order valence-corrected chi connectivity index (χ1v) is 6.24. The summed E-state index contributed by atoms with van der Waals surface area (Å²) in [5.41, 5.74) is 5.59. The van der Waals surface area contributed by atoms with Crippen LogP contribution < -0.4 is 5.73 Å². The number of nitrogens with zero attached hydrogens (tertiary/aromatic N) is 3. The van der Waals surface area contributed by atoms with Crippen molar-refractivity contribution in [3.8, 4) is 0 Å². The van der Waals surface area contributed by atoms with E-state index in [0.29, 0.717) is 18.9 Å². The number of aliphatic hydroxyl groups is 1. The van der Waals surface area contributed by atoms with Gasteiger partial charge in [-0.25, -0.2) is 4.98 Å². The molecule has 3 N–H and O–H groups in total. The van der Waals surface area contributed by atoms with Gasteiger partial charge >= 0.3 is 0 Å². The number of nitrogens with two attached hydrogens (primary N) is 1. The van der Waals surface area contributed by atoms with Gasteiger partial charge in [-0.1, -0.05) is 13.8 Å². The number of aliphatic hydroxyl groups excluding tert-OH is 1. The second-order valence-corrected chi connectivity index (χ2v) is 5.13. The number of aromatic nitrogens is 3. The highest BCUT2D eigenvalue weighted by molar-refractivity contribution is 4.95. The van der Waals surface area contributed by atoms with Crippen molar-refractivity contribution in [3.63, 3.8) is 0 Å². The molecule has 0 aliphatic heterocycles. The van der Waals surface area contributed by atoms with Crippen molar-refractivity contribution in [2.24, 2.45) is 17.1 Å². The van der Waals surface area contributed by atoms with Gasteiger partial charge in [0.25, 0.3) is 0 Å². The predicted octanol–water partition coefficient (Wildman–Crippen LogP) is 0.824. The van der Waals surface area contributed by atoms with Crippen LogP contribution in [0.25, 0.3) is 0 Å². The van der Waals surface area contributed by atoms with Gasteiger partial charge in [-0.2, -0.15) is 5.10 Å². The van der Waals surface area contributed by atoms with E-state index in [1.54, 1.807) is 6.33 Å². The largest absolute Gasteiger partial charge is 0.396 e. The van der Waals surface area contributed by atoms with Crippen LogP contribution in [0.4, 0.5) is 0 Å². The molecule has 1 aromatic rings. The Morgan fingerprint density at radius 2 is 2.24 bits per heavy atom. The molecule has 0 spiro atoms. The number of hydrogen-bond donors (Lipinski definition) is 2. The van der Waals surface area contributed by atoms with Gasteiger partial charge in [-0.3, -0.25) is 4.68 Å². The lowest BCUT2D eigenvalue weighted by atomic mass is 9.78. The molecular weight excluding hydrogens is 216 g/mol. The highest BCUT2D eigenvalue weighted by atomic mass is 16.3. The van der Waals surface area contributed by atoms with E-state index < -0.39 is 0 Å². The van der Waals surface area contributed by atoms with Crippen molar-refractivity contribution < 1.29 is 5.11 Å². The average molecular weight is 240 g/mol. The summed E-state index contributed by atoms with van der Waals surface area (Å²) < 4.78 is 1.86. The first-order valence-electron chi connectivity index (χ1n) is 6.24. The second-order valence-electron chi connectivity index (χ2n) is 5.13. The summed E-state index contributed by atoms with van der Waals surface area (Å²) in [6.07, 6.45) is 3.15. The molecule has 5 heteroatoms. The van der Waals surface area contributed by atoms with Crippen molar-refractivity contribution in [2.75, 3.05) is 13.2 Å². The monoisotopic (exact) mass is 240 g/mol. The van der Waals surface area contributed by atoms with Crippen molar-refractivity contribution in [1.29, 1.82) is 0 Å². The fraction of sp³-hybridized carbons (Fsp3) is 0.833. The first kappa shape index (κ1) is 14.1. The molecule has 17 heavy (non-hydrogen) atoms. The Morgan fingerprint density at radius 1 is 1.53 bits per heavy atom. The SMILES string of the molecule is CCn1ncnc1CC(CN)(CO)CC(C)C. The van der Waals surface area contributed by atoms with Crippen LogP contribution in [0.15, 0.2) is 6.33 Å². The molecule has 98 valence electrons. The molecule has 1 aromatic heterocycles. The van der Waals surface area contributed by atoms with E-state index in [1.165, 1.54) is 0 Å². The molecule has 0 fully saturated rings. The van der Waals surface area contributed by atoms with Crippen LogP contribution in [0, 0.1) is 11.3 Å².